The highest BCUT2D eigenvalue weighted by Gasteiger charge is 2.21. The molecule has 11 nitrogen and oxygen atoms in total. The summed E-state index contributed by atoms with van der Waals surface area (Å²) >= 11 is 6.23. The molecule has 0 aliphatic carbocycles. The molecular weight excluding hydrogens is 498 g/mol. The number of para-hydroxylation sites is 1. The molecule has 192 valence electrons. The number of hydrogen-bond donors (Lipinski definition) is 2. The molecule has 37 heavy (non-hydrogen) atoms. The van der Waals surface area contributed by atoms with Crippen molar-refractivity contribution >= 4 is 40.2 Å². The number of likely N-dealkylation sites (N-methyl/N-ethyl adjacent to an activating group) is 1. The topological polar surface area (TPSA) is 121 Å². The van der Waals surface area contributed by atoms with E-state index in [-0.39, 0.29) is 22.0 Å². The van der Waals surface area contributed by atoms with Crippen LogP contribution in [-0.2, 0) is 14.1 Å². The smallest absolute Gasteiger partial charge is 0.335 e. The highest BCUT2D eigenvalue weighted by atomic mass is 35.5. The zero-order valence-corrected chi connectivity index (χ0v) is 21.4. The number of rotatable bonds is 4. The first-order chi connectivity index (χ1) is 17.7. The van der Waals surface area contributed by atoms with Gasteiger partial charge in [-0.3, -0.25) is 23.9 Å². The molecule has 0 radical (unpaired) electrons. The Morgan fingerprint density at radius 3 is 2.27 bits per heavy atom. The predicted molar refractivity (Wildman–Crippen MR) is 144 cm³/mol. The highest BCUT2D eigenvalue weighted by molar-refractivity contribution is 6.32. The molecule has 0 unspecified atom stereocenters. The van der Waals surface area contributed by atoms with Crippen LogP contribution in [0.4, 0.5) is 11.4 Å². The first-order valence-corrected chi connectivity index (χ1v) is 12.1. The molecule has 0 bridgehead atoms. The zero-order chi connectivity index (χ0) is 26.4. The summed E-state index contributed by atoms with van der Waals surface area (Å²) < 4.78 is 4.04. The number of benzene rings is 2. The Kier molecular flexibility index (Phi) is 6.26. The van der Waals surface area contributed by atoms with Crippen LogP contribution in [0, 0.1) is 0 Å². The monoisotopic (exact) mass is 523 g/mol. The maximum absolute atomic E-state index is 12.7. The van der Waals surface area contributed by atoms with Gasteiger partial charge in [0.1, 0.15) is 5.56 Å². The second kappa shape index (κ2) is 9.41. The first kappa shape index (κ1) is 24.6. The van der Waals surface area contributed by atoms with E-state index in [1.807, 2.05) is 6.07 Å². The average Bonchev–Trinajstić information content (AvgIpc) is 3.08. The van der Waals surface area contributed by atoms with Gasteiger partial charge in [0, 0.05) is 46.5 Å². The number of nitrogens with zero attached hydrogens (tertiary/aromatic N) is 6. The standard InChI is InChI=1S/C25H26ClN7O4/c1-29-8-10-32(11-9-29)19-13-21-20(30(2)25(37)31(21)3)12-17(19)27-14-15-22(34)28-24(36)33(23(15)35)18-7-5-4-6-16(18)26/h4-7,12-14,35H,8-11H2,1-3H3,(H,28,34,36). The van der Waals surface area contributed by atoms with Crippen molar-refractivity contribution in [1.29, 1.82) is 0 Å². The molecule has 2 aromatic carbocycles. The summed E-state index contributed by atoms with van der Waals surface area (Å²) in [5.74, 6) is -0.583. The van der Waals surface area contributed by atoms with Crippen molar-refractivity contribution < 1.29 is 5.11 Å². The summed E-state index contributed by atoms with van der Waals surface area (Å²) in [6, 6.07) is 10.2. The average molecular weight is 524 g/mol. The largest absolute Gasteiger partial charge is 0.493 e. The Bertz CT molecular complexity index is 1720. The van der Waals surface area contributed by atoms with Gasteiger partial charge in [-0.2, -0.15) is 0 Å². The third-order valence-corrected chi connectivity index (χ3v) is 7.08. The number of aryl methyl sites for hydroxylation is 2. The molecule has 12 heteroatoms. The molecule has 1 aliphatic rings. The lowest BCUT2D eigenvalue weighted by Gasteiger charge is -2.34. The summed E-state index contributed by atoms with van der Waals surface area (Å²) in [5, 5.41) is 11.2. The van der Waals surface area contributed by atoms with Crippen LogP contribution in [0.5, 0.6) is 5.88 Å². The lowest BCUT2D eigenvalue weighted by atomic mass is 10.2. The van der Waals surface area contributed by atoms with Crippen molar-refractivity contribution in [2.24, 2.45) is 19.1 Å². The molecular formula is C25H26ClN7O4. The normalized spacial score (nSPS) is 14.8. The van der Waals surface area contributed by atoms with Gasteiger partial charge in [0.2, 0.25) is 5.88 Å². The van der Waals surface area contributed by atoms with E-state index in [0.29, 0.717) is 11.2 Å². The number of halogens is 1. The van der Waals surface area contributed by atoms with E-state index in [1.165, 1.54) is 10.8 Å². The summed E-state index contributed by atoms with van der Waals surface area (Å²) in [6.07, 6.45) is 1.22. The Balaban J connectivity index is 1.67. The molecule has 0 spiro atoms. The minimum atomic E-state index is -0.827. The van der Waals surface area contributed by atoms with Crippen LogP contribution in [0.2, 0.25) is 5.02 Å². The Hall–Kier alpha value is -4.09. The van der Waals surface area contributed by atoms with Gasteiger partial charge in [-0.05, 0) is 31.3 Å². The second-order valence-corrected chi connectivity index (χ2v) is 9.47. The van der Waals surface area contributed by atoms with Gasteiger partial charge in [0.15, 0.2) is 0 Å². The third-order valence-electron chi connectivity index (χ3n) is 6.76. The molecule has 2 aromatic heterocycles. The molecule has 1 aliphatic heterocycles. The number of nitrogens with one attached hydrogen (secondary N) is 1. The molecule has 1 fully saturated rings. The van der Waals surface area contributed by atoms with E-state index in [9.17, 15) is 19.5 Å². The quantitative estimate of drug-likeness (QED) is 0.392. The molecule has 0 atom stereocenters. The van der Waals surface area contributed by atoms with Crippen molar-refractivity contribution in [2.45, 2.75) is 0 Å². The minimum Gasteiger partial charge on any atom is -0.493 e. The number of fused-ring (bicyclic) bond motifs is 1. The number of piperazine rings is 1. The van der Waals surface area contributed by atoms with Gasteiger partial charge in [-0.1, -0.05) is 23.7 Å². The van der Waals surface area contributed by atoms with Crippen LogP contribution in [0.1, 0.15) is 5.56 Å². The van der Waals surface area contributed by atoms with Crippen LogP contribution in [-0.4, -0.2) is 68.1 Å². The molecule has 3 heterocycles. The third kappa shape index (κ3) is 4.25. The summed E-state index contributed by atoms with van der Waals surface area (Å²) in [5.41, 5.74) is 0.991. The van der Waals surface area contributed by atoms with Crippen molar-refractivity contribution in [3.05, 3.63) is 78.3 Å². The zero-order valence-electron chi connectivity index (χ0n) is 20.6. The predicted octanol–water partition coefficient (Wildman–Crippen LogP) is 1.58. The summed E-state index contributed by atoms with van der Waals surface area (Å²) in [4.78, 5) is 49.0. The molecule has 1 saturated heterocycles. The number of hydrogen-bond acceptors (Lipinski definition) is 7. The highest BCUT2D eigenvalue weighted by Crippen LogP contribution is 2.34. The van der Waals surface area contributed by atoms with E-state index in [0.717, 1.165) is 42.0 Å². The van der Waals surface area contributed by atoms with Crippen LogP contribution < -0.4 is 21.8 Å². The van der Waals surface area contributed by atoms with Gasteiger partial charge in [0.25, 0.3) is 5.56 Å². The molecule has 0 saturated carbocycles. The van der Waals surface area contributed by atoms with E-state index >= 15 is 0 Å². The van der Waals surface area contributed by atoms with Gasteiger partial charge in [0.05, 0.1) is 33.1 Å². The number of imidazole rings is 1. The minimum absolute atomic E-state index is 0.165. The second-order valence-electron chi connectivity index (χ2n) is 9.06. The summed E-state index contributed by atoms with van der Waals surface area (Å²) in [6.45, 7) is 3.24. The van der Waals surface area contributed by atoms with Crippen LogP contribution in [0.15, 0.2) is 55.8 Å². The fourth-order valence-corrected chi connectivity index (χ4v) is 4.79. The molecule has 4 aromatic rings. The van der Waals surface area contributed by atoms with E-state index in [1.54, 1.807) is 49.0 Å². The number of aromatic hydroxyl groups is 1. The fourth-order valence-electron chi connectivity index (χ4n) is 4.57. The summed E-state index contributed by atoms with van der Waals surface area (Å²) in [7, 11) is 5.46. The van der Waals surface area contributed by atoms with Crippen molar-refractivity contribution in [2.75, 3.05) is 38.1 Å². The lowest BCUT2D eigenvalue weighted by Crippen LogP contribution is -2.44. The maximum atomic E-state index is 12.7. The number of H-pyrrole nitrogens is 1. The number of aromatic nitrogens is 4. The number of anilines is 1. The van der Waals surface area contributed by atoms with E-state index < -0.39 is 17.1 Å². The van der Waals surface area contributed by atoms with Crippen LogP contribution in [0.25, 0.3) is 16.7 Å². The first-order valence-electron chi connectivity index (χ1n) is 11.7. The Morgan fingerprint density at radius 2 is 1.59 bits per heavy atom. The number of aliphatic imine (C=N–C) groups is 1. The van der Waals surface area contributed by atoms with E-state index in [2.05, 4.69) is 26.8 Å². The SMILES string of the molecule is CN1CCN(c2cc3c(cc2N=Cc2c(O)n(-c4ccccc4Cl)c(=O)[nH]c2=O)n(C)c(=O)n3C)CC1. The molecule has 0 amide bonds. The number of aromatic amines is 1. The van der Waals surface area contributed by atoms with Crippen LogP contribution >= 0.6 is 11.6 Å². The van der Waals surface area contributed by atoms with Crippen molar-refractivity contribution in [3.8, 4) is 11.6 Å². The van der Waals surface area contributed by atoms with Crippen molar-refractivity contribution in [1.82, 2.24) is 23.6 Å². The van der Waals surface area contributed by atoms with Gasteiger partial charge in [-0.25, -0.2) is 14.2 Å². The van der Waals surface area contributed by atoms with E-state index in [4.69, 9.17) is 11.6 Å². The van der Waals surface area contributed by atoms with Gasteiger partial charge < -0.3 is 14.9 Å². The van der Waals surface area contributed by atoms with Gasteiger partial charge >= 0.3 is 11.4 Å². The molecule has 5 rings (SSSR count). The van der Waals surface area contributed by atoms with Crippen molar-refractivity contribution in [3.63, 3.8) is 0 Å². The molecule has 2 N–H and O–H groups in total. The Morgan fingerprint density at radius 1 is 0.946 bits per heavy atom. The lowest BCUT2D eigenvalue weighted by molar-refractivity contribution is 0.313. The van der Waals surface area contributed by atoms with Crippen LogP contribution in [0.3, 0.4) is 0 Å². The fraction of sp³-hybridized carbons (Fsp3) is 0.280. The Labute approximate surface area is 216 Å². The maximum Gasteiger partial charge on any atom is 0.335 e. The van der Waals surface area contributed by atoms with Gasteiger partial charge in [-0.15, -0.1) is 0 Å².